The highest BCUT2D eigenvalue weighted by atomic mass is 16.6. The van der Waals surface area contributed by atoms with Gasteiger partial charge in [-0.2, -0.15) is 0 Å². The summed E-state index contributed by atoms with van der Waals surface area (Å²) in [5.41, 5.74) is -1.92. The fraction of sp³-hybridized carbons (Fsp3) is 0.476. The van der Waals surface area contributed by atoms with E-state index in [1.54, 1.807) is 20.8 Å². The maximum Gasteiger partial charge on any atom is 0.344 e. The lowest BCUT2D eigenvalue weighted by Crippen LogP contribution is -2.30. The van der Waals surface area contributed by atoms with E-state index < -0.39 is 28.0 Å². The highest BCUT2D eigenvalue weighted by molar-refractivity contribution is 6.23. The number of aliphatic imine (C=N–C) groups is 1. The molecule has 0 saturated carbocycles. The van der Waals surface area contributed by atoms with E-state index in [-0.39, 0.29) is 35.9 Å². The minimum absolute atomic E-state index is 0.0372. The van der Waals surface area contributed by atoms with Crippen LogP contribution in [-0.2, 0) is 29.4 Å². The monoisotopic (exact) mass is 418 g/mol. The number of carbonyl (C=O) groups excluding carboxylic acids is 2. The van der Waals surface area contributed by atoms with Crippen LogP contribution in [0.5, 0.6) is 0 Å². The van der Waals surface area contributed by atoms with Crippen LogP contribution in [0.1, 0.15) is 47.1 Å². The summed E-state index contributed by atoms with van der Waals surface area (Å²) in [5.74, 6) is -1.54. The number of hydrogen-bond acceptors (Lipinski definition) is 8. The summed E-state index contributed by atoms with van der Waals surface area (Å²) in [4.78, 5) is 40.6. The van der Waals surface area contributed by atoms with E-state index in [9.17, 15) is 19.7 Å². The minimum atomic E-state index is -1.45. The molecular weight excluding hydrogens is 392 g/mol. The van der Waals surface area contributed by atoms with Gasteiger partial charge in [-0.25, -0.2) is 14.6 Å². The van der Waals surface area contributed by atoms with Crippen LogP contribution in [0, 0.1) is 10.1 Å². The Labute approximate surface area is 174 Å². The lowest BCUT2D eigenvalue weighted by atomic mass is 9.86. The van der Waals surface area contributed by atoms with Crippen LogP contribution in [0.15, 0.2) is 40.4 Å². The van der Waals surface area contributed by atoms with Crippen molar-refractivity contribution in [1.82, 2.24) is 0 Å². The molecule has 9 heteroatoms. The van der Waals surface area contributed by atoms with Crippen molar-refractivity contribution in [1.29, 1.82) is 0 Å². The lowest BCUT2D eigenvalue weighted by Gasteiger charge is -2.27. The molecule has 9 nitrogen and oxygen atoms in total. The van der Waals surface area contributed by atoms with Crippen molar-refractivity contribution < 1.29 is 28.7 Å². The molecule has 0 saturated heterocycles. The number of esters is 2. The second-order valence-corrected chi connectivity index (χ2v) is 7.72. The molecule has 1 aromatic carbocycles. The molecule has 1 unspecified atom stereocenters. The minimum Gasteiger partial charge on any atom is -0.462 e. The number of benzene rings is 1. The Morgan fingerprint density at radius 3 is 2.10 bits per heavy atom. The Hall–Kier alpha value is -3.23. The van der Waals surface area contributed by atoms with Crippen LogP contribution < -0.4 is 0 Å². The molecule has 0 amide bonds. The normalized spacial score (nSPS) is 20.1. The summed E-state index contributed by atoms with van der Waals surface area (Å²) < 4.78 is 16.4. The van der Waals surface area contributed by atoms with Gasteiger partial charge in [-0.05, 0) is 53.7 Å². The molecule has 162 valence electrons. The van der Waals surface area contributed by atoms with Crippen LogP contribution in [0.2, 0.25) is 0 Å². The molecule has 0 spiro atoms. The Morgan fingerprint density at radius 2 is 1.63 bits per heavy atom. The van der Waals surface area contributed by atoms with Crippen LogP contribution in [0.4, 0.5) is 5.69 Å². The van der Waals surface area contributed by atoms with Gasteiger partial charge in [-0.15, -0.1) is 0 Å². The van der Waals surface area contributed by atoms with Gasteiger partial charge in [0.15, 0.2) is 5.60 Å². The summed E-state index contributed by atoms with van der Waals surface area (Å²) in [6, 6.07) is 5.55. The molecule has 0 N–H and O–H groups in total. The summed E-state index contributed by atoms with van der Waals surface area (Å²) >= 11 is 0. The topological polar surface area (TPSA) is 117 Å². The number of non-ortho nitro benzene ring substituents is 1. The van der Waals surface area contributed by atoms with Crippen LogP contribution in [-0.4, -0.2) is 41.5 Å². The first-order chi connectivity index (χ1) is 13.9. The van der Waals surface area contributed by atoms with Gasteiger partial charge in [0.05, 0.1) is 23.7 Å². The van der Waals surface area contributed by atoms with E-state index in [2.05, 4.69) is 4.99 Å². The highest BCUT2D eigenvalue weighted by Crippen LogP contribution is 2.43. The van der Waals surface area contributed by atoms with Gasteiger partial charge in [0.2, 0.25) is 5.90 Å². The molecule has 1 aromatic rings. The molecule has 1 aliphatic heterocycles. The third-order valence-corrected chi connectivity index (χ3v) is 4.27. The fourth-order valence-corrected chi connectivity index (χ4v) is 3.02. The van der Waals surface area contributed by atoms with E-state index in [0.29, 0.717) is 5.56 Å². The summed E-state index contributed by atoms with van der Waals surface area (Å²) in [5, 5.41) is 11.0. The van der Waals surface area contributed by atoms with Crippen molar-refractivity contribution in [3.05, 3.63) is 51.1 Å². The van der Waals surface area contributed by atoms with Gasteiger partial charge >= 0.3 is 11.9 Å². The van der Waals surface area contributed by atoms with E-state index >= 15 is 0 Å². The van der Waals surface area contributed by atoms with E-state index in [1.165, 1.54) is 24.3 Å². The van der Waals surface area contributed by atoms with Crippen LogP contribution >= 0.6 is 0 Å². The molecule has 0 bridgehead atoms. The quantitative estimate of drug-likeness (QED) is 0.394. The molecule has 0 aromatic heterocycles. The molecule has 1 heterocycles. The van der Waals surface area contributed by atoms with E-state index in [0.717, 1.165) is 0 Å². The molecule has 30 heavy (non-hydrogen) atoms. The zero-order valence-electron chi connectivity index (χ0n) is 18.0. The van der Waals surface area contributed by atoms with Crippen molar-refractivity contribution >= 4 is 23.5 Å². The first-order valence-corrected chi connectivity index (χ1v) is 9.57. The first kappa shape index (κ1) is 23.1. The number of nitro benzene ring substituents is 1. The molecular formula is C21H26N2O7. The number of hydrogen-bond donors (Lipinski definition) is 0. The van der Waals surface area contributed by atoms with Crippen LogP contribution in [0.3, 0.4) is 0 Å². The summed E-state index contributed by atoms with van der Waals surface area (Å²) in [7, 11) is 0. The lowest BCUT2D eigenvalue weighted by molar-refractivity contribution is -0.384. The average molecular weight is 418 g/mol. The third-order valence-electron chi connectivity index (χ3n) is 4.27. The van der Waals surface area contributed by atoms with Gasteiger partial charge < -0.3 is 14.2 Å². The summed E-state index contributed by atoms with van der Waals surface area (Å²) in [6.07, 6.45) is 0. The molecule has 0 fully saturated rings. The molecule has 2 rings (SSSR count). The molecule has 0 aliphatic carbocycles. The largest absolute Gasteiger partial charge is 0.462 e. The predicted molar refractivity (Wildman–Crippen MR) is 109 cm³/mol. The number of nitro groups is 1. The standard InChI is InChI=1S/C21H26N2O7/c1-7-28-18(24)15-16(19(25)29-8-2)21(6,30-17(15)22-20(3,4)5)13-9-11-14(12-10-13)23(26)27/h9-12H,7-8H2,1-6H3. The Kier molecular flexibility index (Phi) is 6.64. The average Bonchev–Trinajstić information content (AvgIpc) is 2.93. The zero-order chi connectivity index (χ0) is 22.7. The van der Waals surface area contributed by atoms with E-state index in [1.807, 2.05) is 20.8 Å². The number of rotatable bonds is 6. The van der Waals surface area contributed by atoms with E-state index in [4.69, 9.17) is 14.2 Å². The number of carbonyl (C=O) groups is 2. The van der Waals surface area contributed by atoms with Crippen molar-refractivity contribution in [2.45, 2.75) is 52.7 Å². The van der Waals surface area contributed by atoms with Gasteiger partial charge in [0.1, 0.15) is 11.1 Å². The second-order valence-electron chi connectivity index (χ2n) is 7.72. The van der Waals surface area contributed by atoms with Gasteiger partial charge in [0, 0.05) is 17.7 Å². The van der Waals surface area contributed by atoms with Crippen molar-refractivity contribution in [3.8, 4) is 0 Å². The molecule has 0 radical (unpaired) electrons. The fourth-order valence-electron chi connectivity index (χ4n) is 3.02. The van der Waals surface area contributed by atoms with Gasteiger partial charge in [0.25, 0.3) is 5.69 Å². The number of nitrogens with zero attached hydrogens (tertiary/aromatic N) is 2. The third kappa shape index (κ3) is 4.67. The molecule has 1 aliphatic rings. The Balaban J connectivity index is 2.77. The SMILES string of the molecule is CCOC(=O)C1=C(C(=O)OCC)C(C)(c2ccc([N+](=O)[O-])cc2)OC1=NC(C)(C)C. The van der Waals surface area contributed by atoms with Gasteiger partial charge in [-0.3, -0.25) is 10.1 Å². The maximum absolute atomic E-state index is 12.9. The van der Waals surface area contributed by atoms with Gasteiger partial charge in [-0.1, -0.05) is 0 Å². The first-order valence-electron chi connectivity index (χ1n) is 9.57. The maximum atomic E-state index is 12.9. The second kappa shape index (κ2) is 8.64. The predicted octanol–water partition coefficient (Wildman–Crippen LogP) is 3.46. The highest BCUT2D eigenvalue weighted by Gasteiger charge is 2.51. The zero-order valence-corrected chi connectivity index (χ0v) is 18.0. The smallest absolute Gasteiger partial charge is 0.344 e. The number of ether oxygens (including phenoxy) is 3. The summed E-state index contributed by atoms with van der Waals surface area (Å²) in [6.45, 7) is 10.5. The van der Waals surface area contributed by atoms with Crippen LogP contribution in [0.25, 0.3) is 0 Å². The van der Waals surface area contributed by atoms with Crippen molar-refractivity contribution in [3.63, 3.8) is 0 Å². The van der Waals surface area contributed by atoms with Crippen molar-refractivity contribution in [2.24, 2.45) is 4.99 Å². The Bertz CT molecular complexity index is 910. The Morgan fingerprint density at radius 1 is 1.10 bits per heavy atom. The van der Waals surface area contributed by atoms with Crippen molar-refractivity contribution in [2.75, 3.05) is 13.2 Å². The molecule has 1 atom stereocenters.